The number of alkyl halides is 1. The molecule has 0 unspecified atom stereocenters. The van der Waals surface area contributed by atoms with Crippen molar-refractivity contribution < 1.29 is 4.79 Å². The van der Waals surface area contributed by atoms with Crippen LogP contribution in [0.5, 0.6) is 0 Å². The monoisotopic (exact) mass is 220 g/mol. The molecule has 0 heterocycles. The van der Waals surface area contributed by atoms with E-state index in [0.29, 0.717) is 12.3 Å². The molecule has 1 aliphatic carbocycles. The number of halogens is 1. The second kappa shape index (κ2) is 4.63. The zero-order valence-corrected chi connectivity index (χ0v) is 9.26. The summed E-state index contributed by atoms with van der Waals surface area (Å²) in [5, 5.41) is 0. The van der Waals surface area contributed by atoms with Crippen molar-refractivity contribution in [1.29, 1.82) is 0 Å². The van der Waals surface area contributed by atoms with Crippen molar-refractivity contribution in [2.75, 3.05) is 5.88 Å². The predicted molar refractivity (Wildman–Crippen MR) is 63.1 cm³/mol. The summed E-state index contributed by atoms with van der Waals surface area (Å²) in [6, 6.07) is 8.02. The van der Waals surface area contributed by atoms with Gasteiger partial charge in [0.25, 0.3) is 0 Å². The highest BCUT2D eigenvalue weighted by Gasteiger charge is 2.18. The van der Waals surface area contributed by atoms with Crippen molar-refractivity contribution in [1.82, 2.24) is 0 Å². The van der Waals surface area contributed by atoms with Crippen molar-refractivity contribution in [3.05, 3.63) is 41.5 Å². The maximum Gasteiger partial charge on any atom is 0.163 e. The van der Waals surface area contributed by atoms with Gasteiger partial charge in [-0.2, -0.15) is 0 Å². The molecule has 0 saturated heterocycles. The van der Waals surface area contributed by atoms with E-state index in [-0.39, 0.29) is 5.78 Å². The molecule has 0 radical (unpaired) electrons. The summed E-state index contributed by atoms with van der Waals surface area (Å²) in [6.07, 6.45) is 4.39. The first-order valence-corrected chi connectivity index (χ1v) is 5.74. The van der Waals surface area contributed by atoms with Gasteiger partial charge in [-0.15, -0.1) is 11.6 Å². The van der Waals surface area contributed by atoms with Crippen molar-refractivity contribution in [3.8, 4) is 0 Å². The molecular formula is C13H13ClO. The maximum absolute atomic E-state index is 11.6. The minimum absolute atomic E-state index is 0.261. The number of hydrogen-bond donors (Lipinski definition) is 0. The third-order valence-corrected chi connectivity index (χ3v) is 2.88. The summed E-state index contributed by atoms with van der Waals surface area (Å²) in [7, 11) is 0. The molecule has 0 N–H and O–H groups in total. The van der Waals surface area contributed by atoms with Crippen molar-refractivity contribution in [2.24, 2.45) is 0 Å². The SMILES string of the molecule is O=C1CCC=C1c1ccccc1CCCl. The van der Waals surface area contributed by atoms with Gasteiger partial charge in [0.2, 0.25) is 0 Å². The van der Waals surface area contributed by atoms with Crippen LogP contribution in [0.1, 0.15) is 24.0 Å². The van der Waals surface area contributed by atoms with Gasteiger partial charge in [0.15, 0.2) is 5.78 Å². The molecule has 1 aliphatic rings. The highest BCUT2D eigenvalue weighted by atomic mass is 35.5. The van der Waals surface area contributed by atoms with Gasteiger partial charge in [0, 0.05) is 17.9 Å². The van der Waals surface area contributed by atoms with Gasteiger partial charge in [-0.25, -0.2) is 0 Å². The first-order chi connectivity index (χ1) is 7.33. The average Bonchev–Trinajstić information content (AvgIpc) is 2.66. The summed E-state index contributed by atoms with van der Waals surface area (Å²) in [4.78, 5) is 11.6. The number of ketones is 1. The van der Waals surface area contributed by atoms with Crippen molar-refractivity contribution in [2.45, 2.75) is 19.3 Å². The predicted octanol–water partition coefficient (Wildman–Crippen LogP) is 3.21. The fraction of sp³-hybridized carbons (Fsp3) is 0.308. The molecule has 1 aromatic rings. The molecule has 1 nitrogen and oxygen atoms in total. The number of Topliss-reactive ketones (excluding diaryl/α,β-unsaturated/α-hetero) is 1. The Kier molecular flexibility index (Phi) is 3.22. The standard InChI is InChI=1S/C13H13ClO/c14-9-8-10-4-1-2-5-11(10)12-6-3-7-13(12)15/h1-2,4-6H,3,7-9H2. The van der Waals surface area contributed by atoms with Gasteiger partial charge in [-0.1, -0.05) is 30.3 Å². The molecule has 0 amide bonds. The number of allylic oxidation sites excluding steroid dienone is 2. The highest BCUT2D eigenvalue weighted by Crippen LogP contribution is 2.27. The van der Waals surface area contributed by atoms with E-state index in [0.717, 1.165) is 24.0 Å². The number of carbonyl (C=O) groups excluding carboxylic acids is 1. The Balaban J connectivity index is 2.38. The minimum Gasteiger partial charge on any atom is -0.294 e. The van der Waals surface area contributed by atoms with Crippen LogP contribution in [-0.4, -0.2) is 11.7 Å². The van der Waals surface area contributed by atoms with Gasteiger partial charge in [0.1, 0.15) is 0 Å². The quantitative estimate of drug-likeness (QED) is 0.715. The fourth-order valence-electron chi connectivity index (χ4n) is 1.96. The van der Waals surface area contributed by atoms with Gasteiger partial charge in [-0.3, -0.25) is 4.79 Å². The maximum atomic E-state index is 11.6. The molecule has 0 aromatic heterocycles. The van der Waals surface area contributed by atoms with E-state index in [4.69, 9.17) is 11.6 Å². The number of hydrogen-bond acceptors (Lipinski definition) is 1. The van der Waals surface area contributed by atoms with Gasteiger partial charge >= 0.3 is 0 Å². The van der Waals surface area contributed by atoms with Gasteiger partial charge in [-0.05, 0) is 24.0 Å². The molecular weight excluding hydrogens is 208 g/mol. The first-order valence-electron chi connectivity index (χ1n) is 5.20. The van der Waals surface area contributed by atoms with Crippen molar-refractivity contribution in [3.63, 3.8) is 0 Å². The molecule has 15 heavy (non-hydrogen) atoms. The minimum atomic E-state index is 0.261. The molecule has 0 bridgehead atoms. The van der Waals surface area contributed by atoms with Crippen LogP contribution in [0.4, 0.5) is 0 Å². The summed E-state index contributed by atoms with van der Waals surface area (Å²) in [5.74, 6) is 0.857. The summed E-state index contributed by atoms with van der Waals surface area (Å²) < 4.78 is 0. The van der Waals surface area contributed by atoms with E-state index in [1.165, 1.54) is 5.56 Å². The van der Waals surface area contributed by atoms with E-state index in [1.54, 1.807) is 0 Å². The Hall–Kier alpha value is -1.08. The third kappa shape index (κ3) is 2.13. The average molecular weight is 221 g/mol. The van der Waals surface area contributed by atoms with Crippen molar-refractivity contribution >= 4 is 23.0 Å². The van der Waals surface area contributed by atoms with Crippen LogP contribution in [0.3, 0.4) is 0 Å². The zero-order chi connectivity index (χ0) is 10.7. The lowest BCUT2D eigenvalue weighted by molar-refractivity contribution is -0.113. The zero-order valence-electron chi connectivity index (χ0n) is 8.50. The second-order valence-electron chi connectivity index (χ2n) is 3.68. The van der Waals surface area contributed by atoms with Crippen LogP contribution in [0, 0.1) is 0 Å². The van der Waals surface area contributed by atoms with Crippen LogP contribution in [0.2, 0.25) is 0 Å². The molecule has 0 aliphatic heterocycles. The number of benzene rings is 1. The summed E-state index contributed by atoms with van der Waals surface area (Å²) in [5.41, 5.74) is 3.13. The Labute approximate surface area is 94.8 Å². The molecule has 2 rings (SSSR count). The first kappa shape index (κ1) is 10.4. The summed E-state index contributed by atoms with van der Waals surface area (Å²) >= 11 is 5.75. The largest absolute Gasteiger partial charge is 0.294 e. The molecule has 78 valence electrons. The van der Waals surface area contributed by atoms with E-state index in [1.807, 2.05) is 30.3 Å². The second-order valence-corrected chi connectivity index (χ2v) is 4.05. The van der Waals surface area contributed by atoms with E-state index >= 15 is 0 Å². The Morgan fingerprint density at radius 2 is 2.07 bits per heavy atom. The van der Waals surface area contributed by atoms with Crippen LogP contribution in [0.15, 0.2) is 30.3 Å². The van der Waals surface area contributed by atoms with Gasteiger partial charge in [0.05, 0.1) is 0 Å². The Bertz CT molecular complexity index is 407. The van der Waals surface area contributed by atoms with Gasteiger partial charge < -0.3 is 0 Å². The van der Waals surface area contributed by atoms with Crippen LogP contribution < -0.4 is 0 Å². The molecule has 2 heteroatoms. The number of carbonyl (C=O) groups is 1. The van der Waals surface area contributed by atoms with Crippen LogP contribution in [-0.2, 0) is 11.2 Å². The third-order valence-electron chi connectivity index (χ3n) is 2.69. The van der Waals surface area contributed by atoms with E-state index in [2.05, 4.69) is 0 Å². The molecule has 1 aromatic carbocycles. The molecule has 0 fully saturated rings. The Morgan fingerprint density at radius 1 is 1.27 bits per heavy atom. The lowest BCUT2D eigenvalue weighted by Gasteiger charge is -2.07. The van der Waals surface area contributed by atoms with E-state index < -0.39 is 0 Å². The van der Waals surface area contributed by atoms with E-state index in [9.17, 15) is 4.79 Å². The topological polar surface area (TPSA) is 17.1 Å². The normalized spacial score (nSPS) is 15.5. The lowest BCUT2D eigenvalue weighted by atomic mass is 9.97. The number of rotatable bonds is 3. The number of aryl methyl sites for hydroxylation is 1. The fourth-order valence-corrected chi connectivity index (χ4v) is 2.16. The molecule has 0 atom stereocenters. The highest BCUT2D eigenvalue weighted by molar-refractivity contribution is 6.23. The Morgan fingerprint density at radius 3 is 2.73 bits per heavy atom. The molecule has 0 saturated carbocycles. The smallest absolute Gasteiger partial charge is 0.163 e. The van der Waals surface area contributed by atoms with Crippen LogP contribution >= 0.6 is 11.6 Å². The van der Waals surface area contributed by atoms with Crippen LogP contribution in [0.25, 0.3) is 5.57 Å². The lowest BCUT2D eigenvalue weighted by Crippen LogP contribution is -2.00. The summed E-state index contributed by atoms with van der Waals surface area (Å²) in [6.45, 7) is 0. The molecule has 0 spiro atoms.